The Hall–Kier alpha value is -1.98. The first-order valence-corrected chi connectivity index (χ1v) is 7.50. The molecule has 0 bridgehead atoms. The summed E-state index contributed by atoms with van der Waals surface area (Å²) in [6.07, 6.45) is 1.44. The second kappa shape index (κ2) is 7.87. The molecule has 1 heterocycles. The van der Waals surface area contributed by atoms with Crippen LogP contribution < -0.4 is 10.1 Å². The molecule has 120 valence electrons. The first-order valence-electron chi connectivity index (χ1n) is 7.50. The minimum absolute atomic E-state index is 0.0650. The fourth-order valence-electron chi connectivity index (χ4n) is 2.28. The molecule has 0 saturated heterocycles. The topological polar surface area (TPSA) is 74.9 Å². The molecule has 0 amide bonds. The van der Waals surface area contributed by atoms with Crippen molar-refractivity contribution in [2.24, 2.45) is 0 Å². The van der Waals surface area contributed by atoms with Crippen molar-refractivity contribution in [3.63, 3.8) is 0 Å². The van der Waals surface area contributed by atoms with Crippen LogP contribution in [0.25, 0.3) is 0 Å². The largest absolute Gasteiger partial charge is 0.504 e. The van der Waals surface area contributed by atoms with Crippen LogP contribution in [-0.4, -0.2) is 22.9 Å². The third kappa shape index (κ3) is 4.26. The van der Waals surface area contributed by atoms with E-state index in [1.807, 2.05) is 26.0 Å². The van der Waals surface area contributed by atoms with E-state index in [1.165, 1.54) is 0 Å². The molecule has 0 spiro atoms. The molecule has 0 radical (unpaired) electrons. The van der Waals surface area contributed by atoms with E-state index in [2.05, 4.69) is 5.32 Å². The molecule has 0 aliphatic heterocycles. The average molecular weight is 305 g/mol. The van der Waals surface area contributed by atoms with Crippen molar-refractivity contribution >= 4 is 0 Å². The molecule has 3 N–H and O–H groups in total. The Morgan fingerprint density at radius 3 is 2.77 bits per heavy atom. The van der Waals surface area contributed by atoms with Gasteiger partial charge in [0, 0.05) is 18.2 Å². The third-order valence-electron chi connectivity index (χ3n) is 3.47. The Bertz CT molecular complexity index is 568. The van der Waals surface area contributed by atoms with Crippen LogP contribution in [0, 0.1) is 0 Å². The molecule has 0 saturated carbocycles. The van der Waals surface area contributed by atoms with E-state index in [0.29, 0.717) is 31.1 Å². The number of aliphatic hydroxyl groups is 1. The summed E-state index contributed by atoms with van der Waals surface area (Å²) in [6.45, 7) is 4.87. The van der Waals surface area contributed by atoms with E-state index in [0.717, 1.165) is 5.56 Å². The van der Waals surface area contributed by atoms with Gasteiger partial charge in [-0.05, 0) is 38.5 Å². The van der Waals surface area contributed by atoms with Gasteiger partial charge in [0.2, 0.25) is 0 Å². The Kier molecular flexibility index (Phi) is 5.86. The lowest BCUT2D eigenvalue weighted by Gasteiger charge is -2.17. The summed E-state index contributed by atoms with van der Waals surface area (Å²) in [6, 6.07) is 9.02. The van der Waals surface area contributed by atoms with Gasteiger partial charge in [0.15, 0.2) is 11.5 Å². The molecule has 5 nitrogen and oxygen atoms in total. The maximum Gasteiger partial charge on any atom is 0.162 e. The van der Waals surface area contributed by atoms with E-state index in [9.17, 15) is 10.2 Å². The summed E-state index contributed by atoms with van der Waals surface area (Å²) in [5, 5.41) is 23.5. The molecule has 5 heteroatoms. The van der Waals surface area contributed by atoms with Crippen molar-refractivity contribution in [3.8, 4) is 11.5 Å². The number of ether oxygens (including phenoxy) is 1. The van der Waals surface area contributed by atoms with Crippen LogP contribution in [0.1, 0.15) is 37.7 Å². The SMILES string of the molecule is CCOc1cccc(CNC(C)CC(O)c2ccco2)c1O. The molecule has 2 unspecified atom stereocenters. The zero-order valence-corrected chi connectivity index (χ0v) is 13.0. The summed E-state index contributed by atoms with van der Waals surface area (Å²) in [4.78, 5) is 0. The summed E-state index contributed by atoms with van der Waals surface area (Å²) >= 11 is 0. The van der Waals surface area contributed by atoms with Crippen molar-refractivity contribution in [2.45, 2.75) is 39.0 Å². The molecular weight excluding hydrogens is 282 g/mol. The lowest BCUT2D eigenvalue weighted by Crippen LogP contribution is -2.27. The zero-order valence-electron chi connectivity index (χ0n) is 13.0. The molecule has 0 fully saturated rings. The van der Waals surface area contributed by atoms with Gasteiger partial charge in [-0.25, -0.2) is 0 Å². The van der Waals surface area contributed by atoms with E-state index in [4.69, 9.17) is 9.15 Å². The molecule has 2 aromatic rings. The summed E-state index contributed by atoms with van der Waals surface area (Å²) in [5.74, 6) is 1.22. The van der Waals surface area contributed by atoms with Gasteiger partial charge in [-0.1, -0.05) is 12.1 Å². The highest BCUT2D eigenvalue weighted by Crippen LogP contribution is 2.29. The zero-order chi connectivity index (χ0) is 15.9. The first-order chi connectivity index (χ1) is 10.6. The predicted octanol–water partition coefficient (Wildman–Crippen LogP) is 2.99. The Morgan fingerprint density at radius 2 is 2.09 bits per heavy atom. The lowest BCUT2D eigenvalue weighted by molar-refractivity contribution is 0.128. The quantitative estimate of drug-likeness (QED) is 0.699. The normalized spacial score (nSPS) is 13.8. The van der Waals surface area contributed by atoms with Crippen LogP contribution in [0.15, 0.2) is 41.0 Å². The second-order valence-electron chi connectivity index (χ2n) is 5.25. The third-order valence-corrected chi connectivity index (χ3v) is 3.47. The van der Waals surface area contributed by atoms with Crippen LogP contribution in [0.4, 0.5) is 0 Å². The maximum atomic E-state index is 10.1. The molecular formula is C17H23NO4. The van der Waals surface area contributed by atoms with Crippen molar-refractivity contribution in [1.82, 2.24) is 5.32 Å². The predicted molar refractivity (Wildman–Crippen MR) is 83.9 cm³/mol. The highest BCUT2D eigenvalue weighted by molar-refractivity contribution is 5.45. The Labute approximate surface area is 130 Å². The van der Waals surface area contributed by atoms with Gasteiger partial charge in [0.25, 0.3) is 0 Å². The number of para-hydroxylation sites is 1. The number of hydrogen-bond donors (Lipinski definition) is 3. The fraction of sp³-hybridized carbons (Fsp3) is 0.412. The van der Waals surface area contributed by atoms with Crippen molar-refractivity contribution < 1.29 is 19.4 Å². The van der Waals surface area contributed by atoms with E-state index in [-0.39, 0.29) is 11.8 Å². The molecule has 2 rings (SSSR count). The molecule has 22 heavy (non-hydrogen) atoms. The van der Waals surface area contributed by atoms with Crippen LogP contribution in [0.5, 0.6) is 11.5 Å². The number of benzene rings is 1. The second-order valence-corrected chi connectivity index (χ2v) is 5.25. The van der Waals surface area contributed by atoms with Crippen LogP contribution in [-0.2, 0) is 6.54 Å². The number of furan rings is 1. The van der Waals surface area contributed by atoms with Crippen LogP contribution in [0.2, 0.25) is 0 Å². The van der Waals surface area contributed by atoms with Gasteiger partial charge in [0.05, 0.1) is 12.9 Å². The first kappa shape index (κ1) is 16.4. The van der Waals surface area contributed by atoms with Crippen LogP contribution >= 0.6 is 0 Å². The van der Waals surface area contributed by atoms with Crippen molar-refractivity contribution in [2.75, 3.05) is 6.61 Å². The number of nitrogens with one attached hydrogen (secondary N) is 1. The molecule has 2 atom stereocenters. The van der Waals surface area contributed by atoms with E-state index >= 15 is 0 Å². The highest BCUT2D eigenvalue weighted by atomic mass is 16.5. The number of phenols is 1. The average Bonchev–Trinajstić information content (AvgIpc) is 3.03. The minimum atomic E-state index is -0.638. The Balaban J connectivity index is 1.88. The number of aromatic hydroxyl groups is 1. The number of rotatable bonds is 8. The summed E-state index contributed by atoms with van der Waals surface area (Å²) < 4.78 is 10.6. The maximum absolute atomic E-state index is 10.1. The summed E-state index contributed by atoms with van der Waals surface area (Å²) in [7, 11) is 0. The smallest absolute Gasteiger partial charge is 0.162 e. The standard InChI is InChI=1S/C17H23NO4/c1-3-21-16-7-4-6-13(17(16)20)11-18-12(2)10-14(19)15-8-5-9-22-15/h4-9,12,14,18-20H,3,10-11H2,1-2H3. The molecule has 0 aliphatic rings. The van der Waals surface area contributed by atoms with Gasteiger partial charge in [0.1, 0.15) is 11.9 Å². The number of hydrogen-bond acceptors (Lipinski definition) is 5. The van der Waals surface area contributed by atoms with Gasteiger partial charge >= 0.3 is 0 Å². The molecule has 1 aromatic heterocycles. The van der Waals surface area contributed by atoms with Gasteiger partial charge in [-0.3, -0.25) is 0 Å². The van der Waals surface area contributed by atoms with Crippen molar-refractivity contribution in [1.29, 1.82) is 0 Å². The van der Waals surface area contributed by atoms with Gasteiger partial charge < -0.3 is 24.7 Å². The van der Waals surface area contributed by atoms with Gasteiger partial charge in [-0.15, -0.1) is 0 Å². The molecule has 1 aromatic carbocycles. The highest BCUT2D eigenvalue weighted by Gasteiger charge is 2.15. The number of phenolic OH excluding ortho intramolecular Hbond substituents is 1. The summed E-state index contributed by atoms with van der Waals surface area (Å²) in [5.41, 5.74) is 0.769. The minimum Gasteiger partial charge on any atom is -0.504 e. The van der Waals surface area contributed by atoms with Crippen molar-refractivity contribution in [3.05, 3.63) is 47.9 Å². The number of aliphatic hydroxyl groups excluding tert-OH is 1. The van der Waals surface area contributed by atoms with Crippen LogP contribution in [0.3, 0.4) is 0 Å². The monoisotopic (exact) mass is 305 g/mol. The Morgan fingerprint density at radius 1 is 1.27 bits per heavy atom. The van der Waals surface area contributed by atoms with Gasteiger partial charge in [-0.2, -0.15) is 0 Å². The fourth-order valence-corrected chi connectivity index (χ4v) is 2.28. The van der Waals surface area contributed by atoms with E-state index < -0.39 is 6.10 Å². The van der Waals surface area contributed by atoms with E-state index in [1.54, 1.807) is 24.5 Å². The lowest BCUT2D eigenvalue weighted by atomic mass is 10.1. The molecule has 0 aliphatic carbocycles.